The van der Waals surface area contributed by atoms with E-state index in [1.165, 1.54) is 51.4 Å². The van der Waals surface area contributed by atoms with Crippen molar-refractivity contribution < 1.29 is 43.0 Å². The summed E-state index contributed by atoms with van der Waals surface area (Å²) >= 11 is 0. The Kier molecular flexibility index (Phi) is 32.1. The van der Waals surface area contributed by atoms with Crippen molar-refractivity contribution in [3.05, 3.63) is 48.6 Å². The Morgan fingerprint density at radius 1 is 0.646 bits per heavy atom. The molecule has 0 saturated carbocycles. The van der Waals surface area contributed by atoms with Gasteiger partial charge in [-0.3, -0.25) is 14.1 Å². The van der Waals surface area contributed by atoms with Gasteiger partial charge in [-0.05, 0) is 38.5 Å². The third-order valence-corrected chi connectivity index (χ3v) is 8.19. The summed E-state index contributed by atoms with van der Waals surface area (Å²) in [6.45, 7) is 3.49. The molecule has 0 heterocycles. The average molecular weight is 699 g/mol. The van der Waals surface area contributed by atoms with Gasteiger partial charge in [-0.1, -0.05) is 152 Å². The van der Waals surface area contributed by atoms with E-state index in [0.717, 1.165) is 57.8 Å². The monoisotopic (exact) mass is 698 g/mol. The number of phosphoric acid groups is 1. The van der Waals surface area contributed by atoms with Crippen molar-refractivity contribution in [2.24, 2.45) is 0 Å². The molecule has 278 valence electrons. The summed E-state index contributed by atoms with van der Waals surface area (Å²) in [7, 11) is -4.77. The number of allylic oxidation sites excluding steroid dienone is 7. The normalized spacial score (nSPS) is 13.7. The van der Waals surface area contributed by atoms with Crippen molar-refractivity contribution in [2.45, 2.75) is 167 Å². The number of unbranched alkanes of at least 4 members (excludes halogenated alkanes) is 14. The molecule has 0 aliphatic heterocycles. The second-order valence-corrected chi connectivity index (χ2v) is 13.6. The SMILES string of the molecule is CCCCCCCCCCCCCCC(=O)OC[C@H](COP(=O)(O)O)OC(=O)CCC/C=C\C/C=C\C/C=C\C=C\[C@@H](O)CCCCC. The molecule has 0 aliphatic rings. The Hall–Kier alpha value is -2.03. The van der Waals surface area contributed by atoms with E-state index >= 15 is 0 Å². The lowest BCUT2D eigenvalue weighted by Gasteiger charge is -2.18. The summed E-state index contributed by atoms with van der Waals surface area (Å²) < 4.78 is 26.2. The molecule has 0 unspecified atom stereocenters. The second-order valence-electron chi connectivity index (χ2n) is 12.4. The first-order valence-corrected chi connectivity index (χ1v) is 20.1. The van der Waals surface area contributed by atoms with Gasteiger partial charge < -0.3 is 24.4 Å². The fraction of sp³-hybridized carbons (Fsp3) is 0.737. The quantitative estimate of drug-likeness (QED) is 0.0201. The van der Waals surface area contributed by atoms with Crippen LogP contribution in [0.5, 0.6) is 0 Å². The van der Waals surface area contributed by atoms with Crippen molar-refractivity contribution in [1.29, 1.82) is 0 Å². The first kappa shape index (κ1) is 46.0. The third-order valence-electron chi connectivity index (χ3n) is 7.70. The summed E-state index contributed by atoms with van der Waals surface area (Å²) in [6.07, 6.45) is 35.9. The van der Waals surface area contributed by atoms with Crippen molar-refractivity contribution in [2.75, 3.05) is 13.2 Å². The largest absolute Gasteiger partial charge is 0.469 e. The van der Waals surface area contributed by atoms with Gasteiger partial charge in [0.1, 0.15) is 6.61 Å². The van der Waals surface area contributed by atoms with E-state index in [-0.39, 0.29) is 25.6 Å². The molecule has 0 saturated heterocycles. The van der Waals surface area contributed by atoms with Gasteiger partial charge in [-0.2, -0.15) is 0 Å². The molecule has 0 radical (unpaired) electrons. The van der Waals surface area contributed by atoms with Gasteiger partial charge >= 0.3 is 19.8 Å². The summed E-state index contributed by atoms with van der Waals surface area (Å²) in [6, 6.07) is 0. The highest BCUT2D eigenvalue weighted by Crippen LogP contribution is 2.36. The molecule has 9 nitrogen and oxygen atoms in total. The highest BCUT2D eigenvalue weighted by atomic mass is 31.2. The molecule has 2 atom stereocenters. The summed E-state index contributed by atoms with van der Waals surface area (Å²) in [5, 5.41) is 9.85. The predicted molar refractivity (Wildman–Crippen MR) is 194 cm³/mol. The Bertz CT molecular complexity index is 938. The average Bonchev–Trinajstić information content (AvgIpc) is 3.04. The van der Waals surface area contributed by atoms with Crippen LogP contribution >= 0.6 is 7.82 Å². The molecule has 0 spiro atoms. The van der Waals surface area contributed by atoms with Crippen LogP contribution in [-0.2, 0) is 28.2 Å². The van der Waals surface area contributed by atoms with Crippen LogP contribution in [0.2, 0.25) is 0 Å². The lowest BCUT2D eigenvalue weighted by molar-refractivity contribution is -0.161. The zero-order chi connectivity index (χ0) is 35.6. The van der Waals surface area contributed by atoms with E-state index in [2.05, 4.69) is 30.5 Å². The van der Waals surface area contributed by atoms with Gasteiger partial charge in [-0.15, -0.1) is 0 Å². The maximum Gasteiger partial charge on any atom is 0.469 e. The number of aliphatic hydroxyl groups excluding tert-OH is 1. The van der Waals surface area contributed by atoms with Crippen LogP contribution in [0.1, 0.15) is 155 Å². The number of hydrogen-bond donors (Lipinski definition) is 3. The van der Waals surface area contributed by atoms with Crippen LogP contribution < -0.4 is 0 Å². The number of hydrogen-bond acceptors (Lipinski definition) is 7. The summed E-state index contributed by atoms with van der Waals surface area (Å²) in [5.41, 5.74) is 0. The minimum absolute atomic E-state index is 0.116. The summed E-state index contributed by atoms with van der Waals surface area (Å²) in [5.74, 6) is -0.978. The zero-order valence-corrected chi connectivity index (χ0v) is 30.9. The van der Waals surface area contributed by atoms with Gasteiger partial charge in [-0.25, -0.2) is 4.57 Å². The van der Waals surface area contributed by atoms with E-state index < -0.39 is 32.5 Å². The first-order chi connectivity index (χ1) is 23.2. The molecule has 0 amide bonds. The van der Waals surface area contributed by atoms with Crippen LogP contribution in [0, 0.1) is 0 Å². The van der Waals surface area contributed by atoms with E-state index in [4.69, 9.17) is 19.3 Å². The molecule has 0 bridgehead atoms. The highest BCUT2D eigenvalue weighted by molar-refractivity contribution is 7.46. The van der Waals surface area contributed by atoms with Crippen LogP contribution in [0.25, 0.3) is 0 Å². The van der Waals surface area contributed by atoms with Crippen molar-refractivity contribution in [3.8, 4) is 0 Å². The molecule has 0 aromatic heterocycles. The van der Waals surface area contributed by atoms with Crippen molar-refractivity contribution >= 4 is 19.8 Å². The van der Waals surface area contributed by atoms with Crippen molar-refractivity contribution in [3.63, 3.8) is 0 Å². The van der Waals surface area contributed by atoms with E-state index in [9.17, 15) is 19.3 Å². The van der Waals surface area contributed by atoms with Crippen LogP contribution in [0.3, 0.4) is 0 Å². The maximum absolute atomic E-state index is 12.3. The Balaban J connectivity index is 4.14. The van der Waals surface area contributed by atoms with Gasteiger partial charge in [0.15, 0.2) is 6.10 Å². The standard InChI is InChI=1S/C38H67O9P/c1-3-5-7-8-9-10-11-14-17-20-23-27-31-37(40)45-33-36(34-46-48(42,43)44)47-38(41)32-28-24-21-18-15-12-13-16-19-22-26-30-35(39)29-25-6-4-2/h12-13,18-19,21-22,26,30,35-36,39H,3-11,14-17,20,23-25,27-29,31-34H2,1-2H3,(H2,42,43,44)/b13-12-,21-18-,22-19-,30-26+/t35-,36+/m0/s1. The number of carbonyl (C=O) groups is 2. The highest BCUT2D eigenvalue weighted by Gasteiger charge is 2.22. The zero-order valence-electron chi connectivity index (χ0n) is 30.0. The molecule has 0 aromatic carbocycles. The van der Waals surface area contributed by atoms with Gasteiger partial charge in [0, 0.05) is 12.8 Å². The van der Waals surface area contributed by atoms with E-state index in [0.29, 0.717) is 19.3 Å². The lowest BCUT2D eigenvalue weighted by atomic mass is 10.0. The fourth-order valence-electron chi connectivity index (χ4n) is 4.89. The van der Waals surface area contributed by atoms with Crippen molar-refractivity contribution in [1.82, 2.24) is 0 Å². The number of aliphatic hydroxyl groups is 1. The molecule has 48 heavy (non-hydrogen) atoms. The van der Waals surface area contributed by atoms with Gasteiger partial charge in [0.05, 0.1) is 12.7 Å². The van der Waals surface area contributed by atoms with E-state index in [1.807, 2.05) is 36.5 Å². The maximum atomic E-state index is 12.3. The second kappa shape index (κ2) is 33.5. The number of carbonyl (C=O) groups excluding carboxylic acids is 2. The van der Waals surface area contributed by atoms with Gasteiger partial charge in [0.25, 0.3) is 0 Å². The smallest absolute Gasteiger partial charge is 0.462 e. The minimum atomic E-state index is -4.77. The Labute approximate surface area is 291 Å². The molecule has 0 aliphatic carbocycles. The number of ether oxygens (including phenoxy) is 2. The Morgan fingerprint density at radius 3 is 1.81 bits per heavy atom. The van der Waals surface area contributed by atoms with Crippen LogP contribution in [0.15, 0.2) is 48.6 Å². The molecule has 0 fully saturated rings. The number of rotatable bonds is 33. The molecular formula is C38H67O9P. The van der Waals surface area contributed by atoms with Crippen LogP contribution in [-0.4, -0.2) is 52.3 Å². The fourth-order valence-corrected chi connectivity index (χ4v) is 5.25. The molecular weight excluding hydrogens is 631 g/mol. The van der Waals surface area contributed by atoms with Gasteiger partial charge in [0.2, 0.25) is 0 Å². The Morgan fingerprint density at radius 2 is 1.19 bits per heavy atom. The molecule has 10 heteroatoms. The predicted octanol–water partition coefficient (Wildman–Crippen LogP) is 9.76. The first-order valence-electron chi connectivity index (χ1n) is 18.5. The minimum Gasteiger partial charge on any atom is -0.462 e. The molecule has 3 N–H and O–H groups in total. The number of esters is 2. The third kappa shape index (κ3) is 35.3. The topological polar surface area (TPSA) is 140 Å². The van der Waals surface area contributed by atoms with E-state index in [1.54, 1.807) is 0 Å². The summed E-state index contributed by atoms with van der Waals surface area (Å²) in [4.78, 5) is 42.6. The van der Waals surface area contributed by atoms with Crippen LogP contribution in [0.4, 0.5) is 0 Å². The molecule has 0 rings (SSSR count). The lowest BCUT2D eigenvalue weighted by Crippen LogP contribution is -2.29. The number of phosphoric ester groups is 1. The molecule has 0 aromatic rings.